The zero-order valence-corrected chi connectivity index (χ0v) is 15.6. The maximum Gasteiger partial charge on any atom is 0.220 e. The van der Waals surface area contributed by atoms with Gasteiger partial charge in [-0.25, -0.2) is 4.39 Å². The fourth-order valence-corrected chi connectivity index (χ4v) is 4.06. The lowest BCUT2D eigenvalue weighted by Gasteiger charge is -2.33. The molecule has 0 radical (unpaired) electrons. The van der Waals surface area contributed by atoms with Crippen molar-refractivity contribution in [1.82, 2.24) is 10.2 Å². The molecular weight excluding hydrogens is 351 g/mol. The molecule has 1 saturated heterocycles. The first-order valence-corrected chi connectivity index (χ1v) is 10.1. The molecule has 1 aromatic carbocycles. The quantitative estimate of drug-likeness (QED) is 0.700. The van der Waals surface area contributed by atoms with Crippen molar-refractivity contribution in [2.75, 3.05) is 25.4 Å². The average molecular weight is 376 g/mol. The van der Waals surface area contributed by atoms with Crippen LogP contribution in [0.15, 0.2) is 52.0 Å². The van der Waals surface area contributed by atoms with Crippen molar-refractivity contribution >= 4 is 17.7 Å². The summed E-state index contributed by atoms with van der Waals surface area (Å²) in [6, 6.07) is 10.3. The second-order valence-electron chi connectivity index (χ2n) is 6.48. The molecule has 1 fully saturated rings. The van der Waals surface area contributed by atoms with E-state index in [4.69, 9.17) is 4.42 Å². The zero-order valence-electron chi connectivity index (χ0n) is 14.8. The number of carbonyl (C=O) groups is 1. The van der Waals surface area contributed by atoms with Crippen molar-refractivity contribution in [2.24, 2.45) is 0 Å². The molecule has 2 heterocycles. The Balaban J connectivity index is 1.45. The van der Waals surface area contributed by atoms with Crippen LogP contribution in [0.3, 0.4) is 0 Å². The van der Waals surface area contributed by atoms with Gasteiger partial charge in [0.2, 0.25) is 5.91 Å². The second kappa shape index (κ2) is 9.78. The third kappa shape index (κ3) is 5.61. The minimum atomic E-state index is -0.242. The largest absolute Gasteiger partial charge is 0.468 e. The van der Waals surface area contributed by atoms with E-state index >= 15 is 0 Å². The molecule has 2 aromatic rings. The van der Waals surface area contributed by atoms with Crippen molar-refractivity contribution in [1.29, 1.82) is 0 Å². The van der Waals surface area contributed by atoms with Crippen molar-refractivity contribution in [3.8, 4) is 0 Å². The van der Waals surface area contributed by atoms with Gasteiger partial charge in [-0.2, -0.15) is 0 Å². The van der Waals surface area contributed by atoms with Crippen molar-refractivity contribution < 1.29 is 13.6 Å². The number of hydrogen-bond acceptors (Lipinski definition) is 4. The standard InChI is InChI=1S/C20H25FN2O2S/c21-16-6-8-17(9-7-16)26-14-10-20(24)22-15-18(19-5-4-13-25-19)23-11-2-1-3-12-23/h4-9,13,18H,1-3,10-12,14-15H2,(H,22,24). The van der Waals surface area contributed by atoms with Crippen molar-refractivity contribution in [3.63, 3.8) is 0 Å². The molecule has 1 unspecified atom stereocenters. The summed E-state index contributed by atoms with van der Waals surface area (Å²) >= 11 is 1.56. The molecule has 1 amide bonds. The summed E-state index contributed by atoms with van der Waals surface area (Å²) in [5.74, 6) is 1.38. The van der Waals surface area contributed by atoms with Crippen LogP contribution in [-0.4, -0.2) is 36.2 Å². The Morgan fingerprint density at radius 1 is 1.19 bits per heavy atom. The van der Waals surface area contributed by atoms with E-state index in [1.54, 1.807) is 30.2 Å². The van der Waals surface area contributed by atoms with Gasteiger partial charge in [0.25, 0.3) is 0 Å². The SMILES string of the molecule is O=C(CCSc1ccc(F)cc1)NCC(c1ccco1)N1CCCCC1. The maximum atomic E-state index is 12.9. The van der Waals surface area contributed by atoms with Gasteiger partial charge in [-0.15, -0.1) is 11.8 Å². The lowest BCUT2D eigenvalue weighted by Crippen LogP contribution is -2.40. The molecule has 1 aliphatic rings. The van der Waals surface area contributed by atoms with Crippen LogP contribution in [0.2, 0.25) is 0 Å². The highest BCUT2D eigenvalue weighted by Crippen LogP contribution is 2.24. The fraction of sp³-hybridized carbons (Fsp3) is 0.450. The molecule has 1 N–H and O–H groups in total. The van der Waals surface area contributed by atoms with E-state index in [-0.39, 0.29) is 17.8 Å². The minimum absolute atomic E-state index is 0.0353. The maximum absolute atomic E-state index is 12.9. The molecule has 0 aliphatic carbocycles. The summed E-state index contributed by atoms with van der Waals surface area (Å²) in [5, 5.41) is 3.05. The van der Waals surface area contributed by atoms with Crippen LogP contribution in [0.1, 0.15) is 37.5 Å². The number of likely N-dealkylation sites (tertiary alicyclic amines) is 1. The summed E-state index contributed by atoms with van der Waals surface area (Å²) in [7, 11) is 0. The van der Waals surface area contributed by atoms with Gasteiger partial charge in [0, 0.05) is 23.6 Å². The Hall–Kier alpha value is -1.79. The number of thioether (sulfide) groups is 1. The predicted molar refractivity (Wildman–Crippen MR) is 102 cm³/mol. The van der Waals surface area contributed by atoms with Crippen LogP contribution in [0.4, 0.5) is 4.39 Å². The molecular formula is C20H25FN2O2S. The van der Waals surface area contributed by atoms with E-state index < -0.39 is 0 Å². The number of halogens is 1. The highest BCUT2D eigenvalue weighted by Gasteiger charge is 2.24. The monoisotopic (exact) mass is 376 g/mol. The average Bonchev–Trinajstić information content (AvgIpc) is 3.19. The molecule has 0 bridgehead atoms. The topological polar surface area (TPSA) is 45.5 Å². The van der Waals surface area contributed by atoms with E-state index in [0.29, 0.717) is 18.7 Å². The Morgan fingerprint density at radius 3 is 2.65 bits per heavy atom. The first kappa shape index (κ1) is 19.0. The first-order chi connectivity index (χ1) is 12.7. The van der Waals surface area contributed by atoms with E-state index in [9.17, 15) is 9.18 Å². The first-order valence-electron chi connectivity index (χ1n) is 9.15. The lowest BCUT2D eigenvalue weighted by atomic mass is 10.1. The van der Waals surface area contributed by atoms with Gasteiger partial charge in [0.15, 0.2) is 0 Å². The van der Waals surface area contributed by atoms with Gasteiger partial charge in [-0.1, -0.05) is 6.42 Å². The number of nitrogens with one attached hydrogen (secondary N) is 1. The number of amides is 1. The van der Waals surface area contributed by atoms with Gasteiger partial charge >= 0.3 is 0 Å². The minimum Gasteiger partial charge on any atom is -0.468 e. The van der Waals surface area contributed by atoms with E-state index in [1.165, 1.54) is 31.4 Å². The number of piperidine rings is 1. The Labute approximate surface area is 158 Å². The Morgan fingerprint density at radius 2 is 1.96 bits per heavy atom. The normalized spacial score (nSPS) is 16.3. The third-order valence-corrected chi connectivity index (χ3v) is 5.62. The molecule has 1 aliphatic heterocycles. The van der Waals surface area contributed by atoms with Crippen LogP contribution in [0.5, 0.6) is 0 Å². The van der Waals surface area contributed by atoms with Crippen molar-refractivity contribution in [3.05, 3.63) is 54.2 Å². The lowest BCUT2D eigenvalue weighted by molar-refractivity contribution is -0.121. The molecule has 0 spiro atoms. The van der Waals surface area contributed by atoms with Crippen LogP contribution in [0, 0.1) is 5.82 Å². The van der Waals surface area contributed by atoms with Gasteiger partial charge < -0.3 is 9.73 Å². The van der Waals surface area contributed by atoms with Crippen molar-refractivity contribution in [2.45, 2.75) is 36.6 Å². The number of furan rings is 1. The molecule has 1 aromatic heterocycles. The Bertz CT molecular complexity index is 670. The molecule has 4 nitrogen and oxygen atoms in total. The molecule has 26 heavy (non-hydrogen) atoms. The number of carbonyl (C=O) groups excluding carboxylic acids is 1. The van der Waals surface area contributed by atoms with Gasteiger partial charge in [-0.3, -0.25) is 9.69 Å². The highest BCUT2D eigenvalue weighted by molar-refractivity contribution is 7.99. The second-order valence-corrected chi connectivity index (χ2v) is 7.65. The predicted octanol–water partition coefficient (Wildman–Crippen LogP) is 4.24. The number of benzene rings is 1. The number of nitrogens with zero attached hydrogens (tertiary/aromatic N) is 1. The van der Waals surface area contributed by atoms with Gasteiger partial charge in [0.05, 0.1) is 12.3 Å². The van der Waals surface area contributed by atoms with Crippen LogP contribution in [-0.2, 0) is 4.79 Å². The smallest absolute Gasteiger partial charge is 0.220 e. The summed E-state index contributed by atoms with van der Waals surface area (Å²) in [4.78, 5) is 15.6. The summed E-state index contributed by atoms with van der Waals surface area (Å²) in [6.45, 7) is 2.65. The molecule has 140 valence electrons. The Kier molecular flexibility index (Phi) is 7.14. The van der Waals surface area contributed by atoms with Crippen LogP contribution < -0.4 is 5.32 Å². The van der Waals surface area contributed by atoms with E-state index in [2.05, 4.69) is 10.2 Å². The van der Waals surface area contributed by atoms with Crippen LogP contribution in [0.25, 0.3) is 0 Å². The highest BCUT2D eigenvalue weighted by atomic mass is 32.2. The molecule has 3 rings (SSSR count). The summed E-state index contributed by atoms with van der Waals surface area (Å²) < 4.78 is 18.5. The molecule has 6 heteroatoms. The summed E-state index contributed by atoms with van der Waals surface area (Å²) in [6.07, 6.45) is 5.79. The molecule has 1 atom stereocenters. The van der Waals surface area contributed by atoms with Crippen LogP contribution >= 0.6 is 11.8 Å². The van der Waals surface area contributed by atoms with Gasteiger partial charge in [0.1, 0.15) is 11.6 Å². The number of rotatable bonds is 8. The fourth-order valence-electron chi connectivity index (χ4n) is 3.21. The zero-order chi connectivity index (χ0) is 18.2. The summed E-state index contributed by atoms with van der Waals surface area (Å²) in [5.41, 5.74) is 0. The number of hydrogen-bond donors (Lipinski definition) is 1. The van der Waals surface area contributed by atoms with E-state index in [0.717, 1.165) is 23.7 Å². The van der Waals surface area contributed by atoms with E-state index in [1.807, 2.05) is 12.1 Å². The third-order valence-electron chi connectivity index (χ3n) is 4.61. The molecule has 0 saturated carbocycles. The van der Waals surface area contributed by atoms with Gasteiger partial charge in [-0.05, 0) is 62.3 Å².